The van der Waals surface area contributed by atoms with Crippen LogP contribution >= 0.6 is 0 Å². The van der Waals surface area contributed by atoms with Crippen molar-refractivity contribution >= 4 is 6.29 Å². The van der Waals surface area contributed by atoms with Crippen molar-refractivity contribution in [3.05, 3.63) is 24.8 Å². The second kappa shape index (κ2) is 8.70. The summed E-state index contributed by atoms with van der Waals surface area (Å²) < 4.78 is 4.95. The van der Waals surface area contributed by atoms with Crippen LogP contribution in [0.1, 0.15) is 32.6 Å². The van der Waals surface area contributed by atoms with Crippen LogP contribution in [0.15, 0.2) is 24.8 Å². The first-order valence-electron chi connectivity index (χ1n) is 5.09. The maximum Gasteiger partial charge on any atom is 0.149 e. The normalized spacial score (nSPS) is 19.8. The van der Waals surface area contributed by atoms with Gasteiger partial charge in [0, 0.05) is 6.42 Å². The lowest BCUT2D eigenvalue weighted by Gasteiger charge is -1.92. The molecule has 0 N–H and O–H groups in total. The van der Waals surface area contributed by atoms with E-state index in [-0.39, 0.29) is 6.10 Å². The molecule has 80 valence electrons. The molecule has 2 nitrogen and oxygen atoms in total. The molecule has 0 bridgehead atoms. The Morgan fingerprint density at radius 1 is 1.64 bits per heavy atom. The Kier molecular flexibility index (Phi) is 8.14. The molecule has 1 rings (SSSR count). The van der Waals surface area contributed by atoms with Gasteiger partial charge in [-0.2, -0.15) is 0 Å². The van der Waals surface area contributed by atoms with Crippen LogP contribution in [0.3, 0.4) is 0 Å². The van der Waals surface area contributed by atoms with Gasteiger partial charge >= 0.3 is 0 Å². The van der Waals surface area contributed by atoms with Gasteiger partial charge in [0.25, 0.3) is 0 Å². The van der Waals surface area contributed by atoms with Gasteiger partial charge in [-0.3, -0.25) is 0 Å². The molecular weight excluding hydrogens is 176 g/mol. The lowest BCUT2D eigenvalue weighted by molar-refractivity contribution is -0.115. The fourth-order valence-electron chi connectivity index (χ4n) is 1.06. The van der Waals surface area contributed by atoms with Crippen LogP contribution in [0.5, 0.6) is 0 Å². The summed E-state index contributed by atoms with van der Waals surface area (Å²) >= 11 is 0. The van der Waals surface area contributed by atoms with E-state index in [0.717, 1.165) is 11.9 Å². The third-order valence-electron chi connectivity index (χ3n) is 1.90. The smallest absolute Gasteiger partial charge is 0.149 e. The molecule has 0 saturated carbocycles. The van der Waals surface area contributed by atoms with Crippen LogP contribution in [-0.4, -0.2) is 19.0 Å². The van der Waals surface area contributed by atoms with Gasteiger partial charge in [-0.25, -0.2) is 0 Å². The molecule has 0 aromatic heterocycles. The fraction of sp³-hybridized carbons (Fsp3) is 0.583. The largest absolute Gasteiger partial charge is 0.366 e. The first kappa shape index (κ1) is 13.1. The van der Waals surface area contributed by atoms with Crippen LogP contribution in [-0.2, 0) is 9.53 Å². The SMILES string of the molecule is C=C1COC(C=O)C1.C=CCCCC. The lowest BCUT2D eigenvalue weighted by Crippen LogP contribution is -2.04. The summed E-state index contributed by atoms with van der Waals surface area (Å²) in [4.78, 5) is 9.99. The van der Waals surface area contributed by atoms with Crippen molar-refractivity contribution in [2.75, 3.05) is 6.61 Å². The quantitative estimate of drug-likeness (QED) is 0.392. The molecule has 1 fully saturated rings. The fourth-order valence-corrected chi connectivity index (χ4v) is 1.06. The van der Waals surface area contributed by atoms with Gasteiger partial charge in [0.05, 0.1) is 6.61 Å². The topological polar surface area (TPSA) is 26.3 Å². The summed E-state index contributed by atoms with van der Waals surface area (Å²) in [6.07, 6.45) is 7.04. The summed E-state index contributed by atoms with van der Waals surface area (Å²) in [5.74, 6) is 0. The third kappa shape index (κ3) is 6.61. The van der Waals surface area contributed by atoms with Crippen LogP contribution in [0.25, 0.3) is 0 Å². The van der Waals surface area contributed by atoms with E-state index < -0.39 is 0 Å². The number of rotatable bonds is 4. The minimum Gasteiger partial charge on any atom is -0.366 e. The summed E-state index contributed by atoms with van der Waals surface area (Å²) in [7, 11) is 0. The first-order chi connectivity index (χ1) is 6.74. The van der Waals surface area contributed by atoms with E-state index in [1.807, 2.05) is 6.08 Å². The van der Waals surface area contributed by atoms with Crippen molar-refractivity contribution < 1.29 is 9.53 Å². The third-order valence-corrected chi connectivity index (χ3v) is 1.90. The predicted octanol–water partition coefficient (Wildman–Crippen LogP) is 2.89. The van der Waals surface area contributed by atoms with Gasteiger partial charge in [-0.15, -0.1) is 6.58 Å². The maximum atomic E-state index is 9.99. The molecule has 1 aliphatic heterocycles. The van der Waals surface area contributed by atoms with E-state index in [1.54, 1.807) is 0 Å². The number of hydrogen-bond donors (Lipinski definition) is 0. The van der Waals surface area contributed by atoms with Gasteiger partial charge < -0.3 is 9.53 Å². The zero-order valence-electron chi connectivity index (χ0n) is 9.00. The molecule has 0 aromatic rings. The standard InChI is InChI=1S/C6H8O2.C6H12/c1-5-2-6(3-7)8-4-5;1-3-5-6-4-2/h3,6H,1-2,4H2;3H,1,4-6H2,2H3. The molecule has 1 aliphatic rings. The van der Waals surface area contributed by atoms with E-state index in [4.69, 9.17) is 4.74 Å². The lowest BCUT2D eigenvalue weighted by atomic mass is 10.2. The van der Waals surface area contributed by atoms with Gasteiger partial charge in [-0.1, -0.05) is 32.4 Å². The molecule has 0 aromatic carbocycles. The minimum absolute atomic E-state index is 0.206. The van der Waals surface area contributed by atoms with Crippen molar-refractivity contribution in [3.8, 4) is 0 Å². The monoisotopic (exact) mass is 196 g/mol. The molecule has 0 radical (unpaired) electrons. The Labute approximate surface area is 86.6 Å². The molecule has 1 unspecified atom stereocenters. The maximum absolute atomic E-state index is 9.99. The van der Waals surface area contributed by atoms with E-state index in [0.29, 0.717) is 13.0 Å². The second-order valence-electron chi connectivity index (χ2n) is 3.37. The average Bonchev–Trinajstić information content (AvgIpc) is 2.62. The first-order valence-corrected chi connectivity index (χ1v) is 5.09. The predicted molar refractivity (Wildman–Crippen MR) is 59.3 cm³/mol. The molecule has 1 atom stereocenters. The van der Waals surface area contributed by atoms with Gasteiger partial charge in [0.15, 0.2) is 0 Å². The highest BCUT2D eigenvalue weighted by Gasteiger charge is 2.16. The number of carbonyl (C=O) groups excluding carboxylic acids is 1. The van der Waals surface area contributed by atoms with Crippen molar-refractivity contribution in [1.29, 1.82) is 0 Å². The van der Waals surface area contributed by atoms with Crippen molar-refractivity contribution in [1.82, 2.24) is 0 Å². The van der Waals surface area contributed by atoms with Gasteiger partial charge in [-0.05, 0) is 12.0 Å². The van der Waals surface area contributed by atoms with Gasteiger partial charge in [0.2, 0.25) is 0 Å². The Hall–Kier alpha value is -0.890. The Balaban J connectivity index is 0.000000255. The number of hydrogen-bond acceptors (Lipinski definition) is 2. The van der Waals surface area contributed by atoms with Crippen LogP contribution in [0, 0.1) is 0 Å². The Bertz CT molecular complexity index is 185. The molecule has 1 saturated heterocycles. The van der Waals surface area contributed by atoms with Gasteiger partial charge in [0.1, 0.15) is 12.4 Å². The minimum atomic E-state index is -0.206. The number of ether oxygens (including phenoxy) is 1. The van der Waals surface area contributed by atoms with Crippen molar-refractivity contribution in [3.63, 3.8) is 0 Å². The summed E-state index contributed by atoms with van der Waals surface area (Å²) in [6, 6.07) is 0. The second-order valence-corrected chi connectivity index (χ2v) is 3.37. The average molecular weight is 196 g/mol. The van der Waals surface area contributed by atoms with E-state index in [1.165, 1.54) is 19.3 Å². The Morgan fingerprint density at radius 2 is 2.36 bits per heavy atom. The summed E-state index contributed by atoms with van der Waals surface area (Å²) in [5.41, 5.74) is 1.02. The molecule has 2 heteroatoms. The zero-order chi connectivity index (χ0) is 10.8. The van der Waals surface area contributed by atoms with E-state index in [9.17, 15) is 4.79 Å². The molecular formula is C12H20O2. The highest BCUT2D eigenvalue weighted by atomic mass is 16.5. The van der Waals surface area contributed by atoms with Crippen molar-refractivity contribution in [2.45, 2.75) is 38.7 Å². The number of unbranched alkanes of at least 4 members (excludes halogenated alkanes) is 2. The van der Waals surface area contributed by atoms with Crippen LogP contribution in [0.2, 0.25) is 0 Å². The van der Waals surface area contributed by atoms with E-state index >= 15 is 0 Å². The van der Waals surface area contributed by atoms with E-state index in [2.05, 4.69) is 20.1 Å². The highest BCUT2D eigenvalue weighted by molar-refractivity contribution is 5.57. The van der Waals surface area contributed by atoms with Crippen molar-refractivity contribution in [2.24, 2.45) is 0 Å². The number of allylic oxidation sites excluding steroid dienone is 1. The molecule has 1 heterocycles. The molecule has 0 amide bonds. The van der Waals surface area contributed by atoms with Crippen LogP contribution < -0.4 is 0 Å². The molecule has 0 aliphatic carbocycles. The Morgan fingerprint density at radius 3 is 2.57 bits per heavy atom. The summed E-state index contributed by atoms with van der Waals surface area (Å²) in [6.45, 7) is 10.0. The highest BCUT2D eigenvalue weighted by Crippen LogP contribution is 2.13. The number of carbonyl (C=O) groups is 1. The zero-order valence-corrected chi connectivity index (χ0v) is 9.00. The molecule has 0 spiro atoms. The van der Waals surface area contributed by atoms with Crippen LogP contribution in [0.4, 0.5) is 0 Å². The summed E-state index contributed by atoms with van der Waals surface area (Å²) in [5, 5.41) is 0. The number of aldehydes is 1. The molecule has 14 heavy (non-hydrogen) atoms.